The normalized spacial score (nSPS) is 39.0. The van der Waals surface area contributed by atoms with Crippen LogP contribution < -0.4 is 11.1 Å². The van der Waals surface area contributed by atoms with Crippen molar-refractivity contribution in [3.05, 3.63) is 0 Å². The molecule has 1 spiro atoms. The monoisotopic (exact) mass is 266 g/mol. The Hall–Kier alpha value is -0.810. The zero-order valence-corrected chi connectivity index (χ0v) is 11.9. The standard InChI is InChI=1S/C14H26N4O/c1-2-11-8-16-6-5-14(11)10-17-13(15)18(14)9-12-4-3-7-19-12/h11-12,16H,2-10H2,1H3,(H2,15,17). The van der Waals surface area contributed by atoms with Gasteiger partial charge in [-0.2, -0.15) is 0 Å². The van der Waals surface area contributed by atoms with Crippen LogP contribution in [0.2, 0.25) is 0 Å². The topological polar surface area (TPSA) is 62.9 Å². The minimum absolute atomic E-state index is 0.149. The smallest absolute Gasteiger partial charge is 0.191 e. The third-order valence-corrected chi connectivity index (χ3v) is 5.12. The predicted molar refractivity (Wildman–Crippen MR) is 76.2 cm³/mol. The van der Waals surface area contributed by atoms with E-state index in [0.717, 1.165) is 51.6 Å². The minimum atomic E-state index is 0.149. The van der Waals surface area contributed by atoms with Gasteiger partial charge in [0.25, 0.3) is 0 Å². The van der Waals surface area contributed by atoms with Crippen molar-refractivity contribution >= 4 is 5.96 Å². The summed E-state index contributed by atoms with van der Waals surface area (Å²) in [6.45, 7) is 7.12. The third-order valence-electron chi connectivity index (χ3n) is 5.12. The lowest BCUT2D eigenvalue weighted by molar-refractivity contribution is 0.0288. The van der Waals surface area contributed by atoms with Crippen LogP contribution in [0.15, 0.2) is 4.99 Å². The predicted octanol–water partition coefficient (Wildman–Crippen LogP) is 0.554. The van der Waals surface area contributed by atoms with Crippen LogP contribution in [0.4, 0.5) is 0 Å². The molecule has 0 radical (unpaired) electrons. The molecule has 0 aromatic heterocycles. The van der Waals surface area contributed by atoms with Crippen molar-refractivity contribution in [2.24, 2.45) is 16.6 Å². The quantitative estimate of drug-likeness (QED) is 0.783. The molecule has 5 nitrogen and oxygen atoms in total. The molecule has 3 N–H and O–H groups in total. The molecule has 0 aliphatic carbocycles. The van der Waals surface area contributed by atoms with Crippen LogP contribution in [-0.2, 0) is 4.74 Å². The van der Waals surface area contributed by atoms with E-state index < -0.39 is 0 Å². The summed E-state index contributed by atoms with van der Waals surface area (Å²) in [5, 5.41) is 3.52. The molecule has 3 rings (SSSR count). The third kappa shape index (κ3) is 2.23. The van der Waals surface area contributed by atoms with Crippen molar-refractivity contribution in [3.63, 3.8) is 0 Å². The van der Waals surface area contributed by atoms with E-state index in [1.54, 1.807) is 0 Å². The van der Waals surface area contributed by atoms with Gasteiger partial charge in [-0.15, -0.1) is 0 Å². The molecule has 2 saturated heterocycles. The molecule has 3 heterocycles. The van der Waals surface area contributed by atoms with Crippen LogP contribution in [0.1, 0.15) is 32.6 Å². The largest absolute Gasteiger partial charge is 0.376 e. The molecule has 108 valence electrons. The molecule has 3 unspecified atom stereocenters. The Morgan fingerprint density at radius 3 is 3.21 bits per heavy atom. The lowest BCUT2D eigenvalue weighted by Gasteiger charge is -2.48. The van der Waals surface area contributed by atoms with Gasteiger partial charge in [0.05, 0.1) is 18.2 Å². The number of aliphatic imine (C=N–C) groups is 1. The van der Waals surface area contributed by atoms with Crippen LogP contribution in [0.5, 0.6) is 0 Å². The van der Waals surface area contributed by atoms with Crippen LogP contribution in [-0.4, -0.2) is 55.3 Å². The van der Waals surface area contributed by atoms with Crippen molar-refractivity contribution < 1.29 is 4.74 Å². The lowest BCUT2D eigenvalue weighted by Crippen LogP contribution is -2.63. The Balaban J connectivity index is 1.78. The Kier molecular flexibility index (Phi) is 3.67. The van der Waals surface area contributed by atoms with Gasteiger partial charge >= 0.3 is 0 Å². The maximum atomic E-state index is 6.18. The Morgan fingerprint density at radius 2 is 2.47 bits per heavy atom. The second-order valence-electron chi connectivity index (χ2n) is 6.08. The number of hydrogen-bond acceptors (Lipinski definition) is 5. The number of nitrogens with zero attached hydrogens (tertiary/aromatic N) is 2. The van der Waals surface area contributed by atoms with E-state index in [-0.39, 0.29) is 5.54 Å². The Bertz CT molecular complexity index is 353. The van der Waals surface area contributed by atoms with Gasteiger partial charge in [0.2, 0.25) is 0 Å². The first-order valence-corrected chi connectivity index (χ1v) is 7.66. The first-order valence-electron chi connectivity index (χ1n) is 7.66. The molecular formula is C14H26N4O. The van der Waals surface area contributed by atoms with E-state index >= 15 is 0 Å². The Morgan fingerprint density at radius 1 is 1.58 bits per heavy atom. The number of hydrogen-bond donors (Lipinski definition) is 2. The summed E-state index contributed by atoms with van der Waals surface area (Å²) in [6.07, 6.45) is 5.01. The van der Waals surface area contributed by atoms with Gasteiger partial charge in [-0.1, -0.05) is 6.92 Å². The highest BCUT2D eigenvalue weighted by molar-refractivity contribution is 5.81. The molecule has 0 amide bonds. The van der Waals surface area contributed by atoms with Crippen molar-refractivity contribution in [2.45, 2.75) is 44.2 Å². The van der Waals surface area contributed by atoms with Crippen LogP contribution in [0.25, 0.3) is 0 Å². The second-order valence-corrected chi connectivity index (χ2v) is 6.08. The van der Waals surface area contributed by atoms with Gasteiger partial charge in [0, 0.05) is 19.7 Å². The zero-order valence-electron chi connectivity index (χ0n) is 11.9. The second kappa shape index (κ2) is 5.29. The molecule has 0 saturated carbocycles. The van der Waals surface area contributed by atoms with E-state index in [1.165, 1.54) is 12.8 Å². The molecule has 19 heavy (non-hydrogen) atoms. The van der Waals surface area contributed by atoms with Crippen LogP contribution in [0.3, 0.4) is 0 Å². The summed E-state index contributed by atoms with van der Waals surface area (Å²) < 4.78 is 5.80. The van der Waals surface area contributed by atoms with E-state index in [0.29, 0.717) is 12.0 Å². The summed E-state index contributed by atoms with van der Waals surface area (Å²) in [7, 11) is 0. The van der Waals surface area contributed by atoms with Gasteiger partial charge in [-0.3, -0.25) is 4.99 Å². The van der Waals surface area contributed by atoms with Gasteiger partial charge in [0.1, 0.15) is 0 Å². The van der Waals surface area contributed by atoms with Crippen molar-refractivity contribution in [3.8, 4) is 0 Å². The van der Waals surface area contributed by atoms with E-state index in [1.807, 2.05) is 0 Å². The van der Waals surface area contributed by atoms with Crippen molar-refractivity contribution in [1.82, 2.24) is 10.2 Å². The fourth-order valence-electron chi connectivity index (χ4n) is 3.95. The van der Waals surface area contributed by atoms with Gasteiger partial charge in [0.15, 0.2) is 5.96 Å². The molecule has 2 fully saturated rings. The van der Waals surface area contributed by atoms with Gasteiger partial charge in [-0.05, 0) is 38.1 Å². The lowest BCUT2D eigenvalue weighted by atomic mass is 9.76. The maximum Gasteiger partial charge on any atom is 0.191 e. The summed E-state index contributed by atoms with van der Waals surface area (Å²) >= 11 is 0. The average molecular weight is 266 g/mol. The van der Waals surface area contributed by atoms with Crippen LogP contribution >= 0.6 is 0 Å². The van der Waals surface area contributed by atoms with Gasteiger partial charge < -0.3 is 20.7 Å². The first kappa shape index (κ1) is 13.2. The van der Waals surface area contributed by atoms with Crippen molar-refractivity contribution in [2.75, 3.05) is 32.8 Å². The number of piperidine rings is 1. The molecule has 3 aliphatic heterocycles. The maximum absolute atomic E-state index is 6.18. The van der Waals surface area contributed by atoms with Crippen LogP contribution in [0, 0.1) is 5.92 Å². The summed E-state index contributed by atoms with van der Waals surface area (Å²) in [5.41, 5.74) is 6.33. The fourth-order valence-corrected chi connectivity index (χ4v) is 3.95. The van der Waals surface area contributed by atoms with E-state index in [4.69, 9.17) is 10.5 Å². The number of guanidine groups is 1. The minimum Gasteiger partial charge on any atom is -0.376 e. The SMILES string of the molecule is CCC1CNCCC12CN=C(N)N2CC1CCCO1. The number of nitrogens with two attached hydrogens (primary N) is 1. The van der Waals surface area contributed by atoms with E-state index in [9.17, 15) is 0 Å². The molecule has 0 bridgehead atoms. The highest BCUT2D eigenvalue weighted by Crippen LogP contribution is 2.37. The van der Waals surface area contributed by atoms with Gasteiger partial charge in [-0.25, -0.2) is 0 Å². The number of nitrogens with one attached hydrogen (secondary N) is 1. The average Bonchev–Trinajstić information content (AvgIpc) is 3.04. The molecule has 3 atom stereocenters. The summed E-state index contributed by atoms with van der Waals surface area (Å²) in [6, 6.07) is 0. The molecular weight excluding hydrogens is 240 g/mol. The molecule has 0 aromatic rings. The highest BCUT2D eigenvalue weighted by Gasteiger charge is 2.49. The highest BCUT2D eigenvalue weighted by atomic mass is 16.5. The van der Waals surface area contributed by atoms with Crippen molar-refractivity contribution in [1.29, 1.82) is 0 Å². The molecule has 3 aliphatic rings. The van der Waals surface area contributed by atoms with E-state index in [2.05, 4.69) is 22.1 Å². The zero-order chi connectivity index (χ0) is 13.3. The Labute approximate surface area is 115 Å². The number of rotatable bonds is 3. The first-order chi connectivity index (χ1) is 9.26. The number of ether oxygens (including phenoxy) is 1. The summed E-state index contributed by atoms with van der Waals surface area (Å²) in [5.74, 6) is 1.36. The molecule has 0 aromatic carbocycles. The fraction of sp³-hybridized carbons (Fsp3) is 0.929. The summed E-state index contributed by atoms with van der Waals surface area (Å²) in [4.78, 5) is 6.94. The molecule has 5 heteroatoms.